The van der Waals surface area contributed by atoms with Crippen molar-refractivity contribution in [3.63, 3.8) is 0 Å². The highest BCUT2D eigenvalue weighted by atomic mass is 32.1. The van der Waals surface area contributed by atoms with Crippen LogP contribution >= 0.6 is 11.3 Å². The number of thiophene rings is 1. The Labute approximate surface area is 140 Å². The van der Waals surface area contributed by atoms with Gasteiger partial charge in [-0.2, -0.15) is 0 Å². The highest BCUT2D eigenvalue weighted by Crippen LogP contribution is 2.19. The standard InChI is InChI=1S/C20H19NOS/c22-20(21-13-12-19-7-4-14-23-19)15-16-8-10-18(11-9-16)17-5-2-1-3-6-17/h1-11,14H,12-13,15H2,(H,21,22). The fourth-order valence-corrected chi connectivity index (χ4v) is 3.18. The molecule has 0 saturated heterocycles. The van der Waals surface area contributed by atoms with Crippen molar-refractivity contribution in [1.29, 1.82) is 0 Å². The van der Waals surface area contributed by atoms with Crippen LogP contribution in [0.4, 0.5) is 0 Å². The fourth-order valence-electron chi connectivity index (χ4n) is 2.47. The van der Waals surface area contributed by atoms with Crippen molar-refractivity contribution in [3.8, 4) is 11.1 Å². The molecule has 0 aliphatic carbocycles. The minimum atomic E-state index is 0.0778. The van der Waals surface area contributed by atoms with E-state index in [1.807, 2.05) is 36.4 Å². The van der Waals surface area contributed by atoms with Gasteiger partial charge in [0.25, 0.3) is 0 Å². The van der Waals surface area contributed by atoms with Crippen LogP contribution in [-0.2, 0) is 17.6 Å². The highest BCUT2D eigenvalue weighted by molar-refractivity contribution is 7.09. The quantitative estimate of drug-likeness (QED) is 0.720. The number of amides is 1. The van der Waals surface area contributed by atoms with Crippen molar-refractivity contribution in [2.45, 2.75) is 12.8 Å². The summed E-state index contributed by atoms with van der Waals surface area (Å²) in [5.41, 5.74) is 3.41. The van der Waals surface area contributed by atoms with Gasteiger partial charge in [-0.15, -0.1) is 11.3 Å². The van der Waals surface area contributed by atoms with Gasteiger partial charge in [-0.1, -0.05) is 60.7 Å². The number of hydrogen-bond donors (Lipinski definition) is 1. The van der Waals surface area contributed by atoms with Crippen LogP contribution in [0.15, 0.2) is 72.1 Å². The first-order valence-corrected chi connectivity index (χ1v) is 8.63. The van der Waals surface area contributed by atoms with Crippen LogP contribution in [-0.4, -0.2) is 12.5 Å². The molecule has 0 radical (unpaired) electrons. The average molecular weight is 321 g/mol. The summed E-state index contributed by atoms with van der Waals surface area (Å²) in [5.74, 6) is 0.0778. The topological polar surface area (TPSA) is 29.1 Å². The first-order valence-electron chi connectivity index (χ1n) is 7.75. The minimum absolute atomic E-state index is 0.0778. The lowest BCUT2D eigenvalue weighted by atomic mass is 10.0. The van der Waals surface area contributed by atoms with Crippen molar-refractivity contribution < 1.29 is 4.79 Å². The van der Waals surface area contributed by atoms with E-state index < -0.39 is 0 Å². The molecule has 3 heteroatoms. The second-order valence-corrected chi connectivity index (χ2v) is 6.45. The molecule has 0 aliphatic rings. The van der Waals surface area contributed by atoms with Crippen molar-refractivity contribution >= 4 is 17.2 Å². The smallest absolute Gasteiger partial charge is 0.224 e. The molecule has 1 N–H and O–H groups in total. The van der Waals surface area contributed by atoms with Crippen molar-refractivity contribution in [1.82, 2.24) is 5.32 Å². The van der Waals surface area contributed by atoms with Gasteiger partial charge in [-0.25, -0.2) is 0 Å². The van der Waals surface area contributed by atoms with Crippen LogP contribution in [0, 0.1) is 0 Å². The van der Waals surface area contributed by atoms with E-state index in [1.54, 1.807) is 11.3 Å². The lowest BCUT2D eigenvalue weighted by Gasteiger charge is -2.06. The molecule has 0 atom stereocenters. The molecule has 1 amide bonds. The second-order valence-electron chi connectivity index (χ2n) is 5.42. The minimum Gasteiger partial charge on any atom is -0.355 e. The van der Waals surface area contributed by atoms with Gasteiger partial charge in [0.1, 0.15) is 0 Å². The Bertz CT molecular complexity index is 733. The van der Waals surface area contributed by atoms with Crippen molar-refractivity contribution in [2.24, 2.45) is 0 Å². The molecule has 1 aromatic heterocycles. The number of nitrogens with one attached hydrogen (secondary N) is 1. The van der Waals surface area contributed by atoms with Gasteiger partial charge in [0.15, 0.2) is 0 Å². The largest absolute Gasteiger partial charge is 0.355 e. The predicted molar refractivity (Wildman–Crippen MR) is 96.6 cm³/mol. The molecule has 23 heavy (non-hydrogen) atoms. The first-order chi connectivity index (χ1) is 11.3. The average Bonchev–Trinajstić information content (AvgIpc) is 3.10. The van der Waals surface area contributed by atoms with E-state index in [4.69, 9.17) is 0 Å². The summed E-state index contributed by atoms with van der Waals surface area (Å²) in [6.07, 6.45) is 1.33. The molecule has 1 heterocycles. The van der Waals surface area contributed by atoms with Crippen LogP contribution in [0.5, 0.6) is 0 Å². The summed E-state index contributed by atoms with van der Waals surface area (Å²) in [7, 11) is 0. The Balaban J connectivity index is 1.50. The van der Waals surface area contributed by atoms with Crippen LogP contribution in [0.25, 0.3) is 11.1 Å². The van der Waals surface area contributed by atoms with Crippen LogP contribution in [0.3, 0.4) is 0 Å². The Morgan fingerprint density at radius 1 is 0.870 bits per heavy atom. The molecule has 2 aromatic carbocycles. The van der Waals surface area contributed by atoms with E-state index in [-0.39, 0.29) is 5.91 Å². The third-order valence-corrected chi connectivity index (χ3v) is 4.64. The van der Waals surface area contributed by atoms with Gasteiger partial charge in [-0.05, 0) is 34.6 Å². The summed E-state index contributed by atoms with van der Waals surface area (Å²) in [6, 6.07) is 22.6. The predicted octanol–water partition coefficient (Wildman–Crippen LogP) is 4.32. The maximum Gasteiger partial charge on any atom is 0.224 e. The van der Waals surface area contributed by atoms with Gasteiger partial charge in [0, 0.05) is 11.4 Å². The van der Waals surface area contributed by atoms with Crippen LogP contribution < -0.4 is 5.32 Å². The van der Waals surface area contributed by atoms with E-state index in [9.17, 15) is 4.79 Å². The first kappa shape index (κ1) is 15.5. The summed E-state index contributed by atoms with van der Waals surface area (Å²) in [4.78, 5) is 13.3. The molecule has 3 aromatic rings. The maximum atomic E-state index is 12.0. The molecule has 0 saturated carbocycles. The molecule has 3 rings (SSSR count). The Hall–Kier alpha value is -2.39. The Kier molecular flexibility index (Phi) is 5.22. The number of benzene rings is 2. The molecule has 0 spiro atoms. The molecule has 2 nitrogen and oxygen atoms in total. The van der Waals surface area contributed by atoms with Gasteiger partial charge in [0.05, 0.1) is 6.42 Å². The zero-order valence-electron chi connectivity index (χ0n) is 12.9. The summed E-state index contributed by atoms with van der Waals surface area (Å²) in [6.45, 7) is 0.696. The van der Waals surface area contributed by atoms with Gasteiger partial charge >= 0.3 is 0 Å². The summed E-state index contributed by atoms with van der Waals surface area (Å²) in [5, 5.41) is 5.04. The Morgan fingerprint density at radius 2 is 1.61 bits per heavy atom. The molecule has 116 valence electrons. The molecular formula is C20H19NOS. The zero-order valence-corrected chi connectivity index (χ0v) is 13.7. The number of carbonyl (C=O) groups is 1. The van der Waals surface area contributed by atoms with E-state index in [0.29, 0.717) is 13.0 Å². The number of carbonyl (C=O) groups excluding carboxylic acids is 1. The van der Waals surface area contributed by atoms with Gasteiger partial charge in [-0.3, -0.25) is 4.79 Å². The zero-order chi connectivity index (χ0) is 15.9. The van der Waals surface area contributed by atoms with E-state index in [0.717, 1.165) is 12.0 Å². The molecular weight excluding hydrogens is 302 g/mol. The highest BCUT2D eigenvalue weighted by Gasteiger charge is 2.04. The number of rotatable bonds is 6. The normalized spacial score (nSPS) is 10.4. The molecule has 0 unspecified atom stereocenters. The van der Waals surface area contributed by atoms with E-state index in [1.165, 1.54) is 16.0 Å². The molecule has 0 bridgehead atoms. The third kappa shape index (κ3) is 4.54. The fraction of sp³-hybridized carbons (Fsp3) is 0.150. The third-order valence-electron chi connectivity index (χ3n) is 3.70. The van der Waals surface area contributed by atoms with Crippen molar-refractivity contribution in [3.05, 3.63) is 82.6 Å². The second kappa shape index (κ2) is 7.75. The van der Waals surface area contributed by atoms with Crippen molar-refractivity contribution in [2.75, 3.05) is 6.54 Å². The van der Waals surface area contributed by atoms with Gasteiger partial charge < -0.3 is 5.32 Å². The van der Waals surface area contributed by atoms with Crippen LogP contribution in [0.2, 0.25) is 0 Å². The SMILES string of the molecule is O=C(Cc1ccc(-c2ccccc2)cc1)NCCc1cccs1. The Morgan fingerprint density at radius 3 is 2.30 bits per heavy atom. The van der Waals surface area contributed by atoms with E-state index >= 15 is 0 Å². The van der Waals surface area contributed by atoms with E-state index in [2.05, 4.69) is 41.0 Å². The maximum absolute atomic E-state index is 12.0. The monoisotopic (exact) mass is 321 g/mol. The summed E-state index contributed by atoms with van der Waals surface area (Å²) < 4.78 is 0. The summed E-state index contributed by atoms with van der Waals surface area (Å²) >= 11 is 1.73. The van der Waals surface area contributed by atoms with Gasteiger partial charge in [0.2, 0.25) is 5.91 Å². The van der Waals surface area contributed by atoms with Crippen LogP contribution in [0.1, 0.15) is 10.4 Å². The lowest BCUT2D eigenvalue weighted by molar-refractivity contribution is -0.120. The lowest BCUT2D eigenvalue weighted by Crippen LogP contribution is -2.27. The number of hydrogen-bond acceptors (Lipinski definition) is 2. The molecule has 0 aliphatic heterocycles. The molecule has 0 fully saturated rings.